The number of rotatable bonds is 8. The Morgan fingerprint density at radius 1 is 0.313 bits per heavy atom. The van der Waals surface area contributed by atoms with E-state index in [1.165, 1.54) is 55.3 Å². The van der Waals surface area contributed by atoms with Gasteiger partial charge in [0.2, 0.25) is 0 Å². The third kappa shape index (κ3) is 6.18. The summed E-state index contributed by atoms with van der Waals surface area (Å²) in [5, 5.41) is 4.73. The summed E-state index contributed by atoms with van der Waals surface area (Å²) < 4.78 is 6.22. The number of benzene rings is 11. The Morgan fingerprint density at radius 3 is 1.67 bits per heavy atom. The molecular formula is C65H43NO. The van der Waals surface area contributed by atoms with Gasteiger partial charge in [0.1, 0.15) is 11.2 Å². The molecule has 314 valence electrons. The third-order valence-corrected chi connectivity index (χ3v) is 14.0. The van der Waals surface area contributed by atoms with Crippen LogP contribution in [0.4, 0.5) is 17.1 Å². The molecule has 0 saturated carbocycles. The first kappa shape index (κ1) is 38.7. The van der Waals surface area contributed by atoms with Gasteiger partial charge in [0.05, 0.1) is 16.8 Å². The van der Waals surface area contributed by atoms with Crippen molar-refractivity contribution >= 4 is 49.8 Å². The van der Waals surface area contributed by atoms with Crippen LogP contribution in [0.2, 0.25) is 0 Å². The standard InChI is InChI=1S/C65H43NO/c1-3-22-49(23-4-1)65(50-24-5-2-6-25-50)58-31-12-9-29-56(58)64-59(65)32-17-34-61(64)66(51-39-36-44(37-40-51)46-38-41-63-57(43-46)55-28-11-14-35-62(55)67-63)60-33-13-10-27-54(60)48-21-15-20-47(42-48)53-30-16-19-45-18-7-8-26-52(45)53/h1-43H. The fraction of sp³-hybridized carbons (Fsp3) is 0.0154. The Bertz CT molecular complexity index is 3760. The van der Waals surface area contributed by atoms with Crippen LogP contribution in [0.1, 0.15) is 22.3 Å². The van der Waals surface area contributed by atoms with Crippen molar-refractivity contribution in [3.63, 3.8) is 0 Å². The number of fused-ring (bicyclic) bond motifs is 7. The highest BCUT2D eigenvalue weighted by Crippen LogP contribution is 2.60. The first-order valence-electron chi connectivity index (χ1n) is 23.1. The van der Waals surface area contributed by atoms with E-state index in [-0.39, 0.29) is 0 Å². The van der Waals surface area contributed by atoms with E-state index >= 15 is 0 Å². The highest BCUT2D eigenvalue weighted by Gasteiger charge is 2.47. The van der Waals surface area contributed by atoms with Crippen LogP contribution in [-0.2, 0) is 5.41 Å². The molecule has 0 bridgehead atoms. The van der Waals surface area contributed by atoms with E-state index in [0.29, 0.717) is 0 Å². The monoisotopic (exact) mass is 853 g/mol. The minimum absolute atomic E-state index is 0.539. The van der Waals surface area contributed by atoms with Gasteiger partial charge in [-0.05, 0) is 115 Å². The molecule has 0 unspecified atom stereocenters. The predicted molar refractivity (Wildman–Crippen MR) is 280 cm³/mol. The van der Waals surface area contributed by atoms with Gasteiger partial charge in [-0.15, -0.1) is 0 Å². The number of para-hydroxylation sites is 2. The van der Waals surface area contributed by atoms with Gasteiger partial charge in [-0.3, -0.25) is 0 Å². The maximum absolute atomic E-state index is 6.22. The predicted octanol–water partition coefficient (Wildman–Crippen LogP) is 17.6. The van der Waals surface area contributed by atoms with Gasteiger partial charge in [-0.1, -0.05) is 212 Å². The van der Waals surface area contributed by atoms with E-state index in [2.05, 4.69) is 254 Å². The zero-order valence-corrected chi connectivity index (χ0v) is 36.7. The van der Waals surface area contributed by atoms with Crippen LogP contribution >= 0.6 is 0 Å². The summed E-state index contributed by atoms with van der Waals surface area (Å²) in [5.41, 5.74) is 19.0. The summed E-state index contributed by atoms with van der Waals surface area (Å²) >= 11 is 0. The molecule has 1 aliphatic rings. The second kappa shape index (κ2) is 15.8. The molecule has 1 heterocycles. The Kier molecular flexibility index (Phi) is 9.11. The normalized spacial score (nSPS) is 12.6. The van der Waals surface area contributed by atoms with Crippen molar-refractivity contribution in [3.05, 3.63) is 283 Å². The van der Waals surface area contributed by atoms with Gasteiger partial charge in [0, 0.05) is 27.6 Å². The molecule has 0 radical (unpaired) electrons. The van der Waals surface area contributed by atoms with Gasteiger partial charge in [0.15, 0.2) is 0 Å². The molecule has 0 spiro atoms. The molecular weight excluding hydrogens is 811 g/mol. The summed E-state index contributed by atoms with van der Waals surface area (Å²) in [6, 6.07) is 95.3. The largest absolute Gasteiger partial charge is 0.456 e. The van der Waals surface area contributed by atoms with Crippen molar-refractivity contribution in [3.8, 4) is 44.5 Å². The summed E-state index contributed by atoms with van der Waals surface area (Å²) in [6.07, 6.45) is 0. The van der Waals surface area contributed by atoms with Crippen molar-refractivity contribution in [1.82, 2.24) is 0 Å². The van der Waals surface area contributed by atoms with Crippen LogP contribution in [0.25, 0.3) is 77.2 Å². The lowest BCUT2D eigenvalue weighted by Crippen LogP contribution is -2.28. The van der Waals surface area contributed by atoms with Crippen LogP contribution < -0.4 is 4.90 Å². The van der Waals surface area contributed by atoms with Gasteiger partial charge >= 0.3 is 0 Å². The number of anilines is 3. The lowest BCUT2D eigenvalue weighted by molar-refractivity contribution is 0.669. The Balaban J connectivity index is 1.04. The van der Waals surface area contributed by atoms with Gasteiger partial charge in [0.25, 0.3) is 0 Å². The molecule has 0 fully saturated rings. The van der Waals surface area contributed by atoms with E-state index in [0.717, 1.165) is 61.3 Å². The zero-order chi connectivity index (χ0) is 44.3. The van der Waals surface area contributed by atoms with Crippen LogP contribution in [0, 0.1) is 0 Å². The maximum atomic E-state index is 6.22. The van der Waals surface area contributed by atoms with E-state index in [1.54, 1.807) is 0 Å². The highest BCUT2D eigenvalue weighted by molar-refractivity contribution is 6.06. The number of hydrogen-bond acceptors (Lipinski definition) is 2. The first-order valence-corrected chi connectivity index (χ1v) is 23.1. The molecule has 11 aromatic carbocycles. The van der Waals surface area contributed by atoms with Crippen molar-refractivity contribution in [2.45, 2.75) is 5.41 Å². The van der Waals surface area contributed by atoms with Crippen molar-refractivity contribution in [1.29, 1.82) is 0 Å². The summed E-state index contributed by atoms with van der Waals surface area (Å²) in [6.45, 7) is 0. The minimum Gasteiger partial charge on any atom is -0.456 e. The Hall–Kier alpha value is -8.72. The Morgan fingerprint density at radius 2 is 0.866 bits per heavy atom. The van der Waals surface area contributed by atoms with Gasteiger partial charge < -0.3 is 9.32 Å². The molecule has 0 saturated heterocycles. The molecule has 2 heteroatoms. The van der Waals surface area contributed by atoms with Crippen molar-refractivity contribution in [2.75, 3.05) is 4.90 Å². The third-order valence-electron chi connectivity index (χ3n) is 14.0. The average Bonchev–Trinajstić information content (AvgIpc) is 3.93. The second-order valence-electron chi connectivity index (χ2n) is 17.5. The Labute approximate surface area is 390 Å². The molecule has 67 heavy (non-hydrogen) atoms. The molecule has 13 rings (SSSR count). The van der Waals surface area contributed by atoms with Gasteiger partial charge in [-0.2, -0.15) is 0 Å². The number of nitrogens with zero attached hydrogens (tertiary/aromatic N) is 1. The summed E-state index contributed by atoms with van der Waals surface area (Å²) in [5.74, 6) is 0. The maximum Gasteiger partial charge on any atom is 0.135 e. The topological polar surface area (TPSA) is 16.4 Å². The zero-order valence-electron chi connectivity index (χ0n) is 36.7. The molecule has 12 aromatic rings. The fourth-order valence-electron chi connectivity index (χ4n) is 11.0. The van der Waals surface area contributed by atoms with E-state index in [4.69, 9.17) is 4.42 Å². The minimum atomic E-state index is -0.539. The molecule has 0 atom stereocenters. The summed E-state index contributed by atoms with van der Waals surface area (Å²) in [4.78, 5) is 2.50. The fourth-order valence-corrected chi connectivity index (χ4v) is 11.0. The lowest BCUT2D eigenvalue weighted by atomic mass is 9.68. The molecule has 0 amide bonds. The number of furan rings is 1. The summed E-state index contributed by atoms with van der Waals surface area (Å²) in [7, 11) is 0. The number of hydrogen-bond donors (Lipinski definition) is 0. The van der Waals surface area contributed by atoms with Crippen LogP contribution in [0.15, 0.2) is 265 Å². The SMILES string of the molecule is c1ccc(C2(c3ccccc3)c3ccccc3-c3c(N(c4ccc(-c5ccc6oc7ccccc7c6c5)cc4)c4ccccc4-c4cccc(-c5cccc6ccccc56)c4)cccc32)cc1. The molecule has 0 aliphatic heterocycles. The van der Waals surface area contributed by atoms with Crippen molar-refractivity contribution in [2.24, 2.45) is 0 Å². The van der Waals surface area contributed by atoms with E-state index < -0.39 is 5.41 Å². The van der Waals surface area contributed by atoms with E-state index in [9.17, 15) is 0 Å². The second-order valence-corrected chi connectivity index (χ2v) is 17.5. The molecule has 1 aliphatic carbocycles. The van der Waals surface area contributed by atoms with Crippen molar-refractivity contribution < 1.29 is 4.42 Å². The smallest absolute Gasteiger partial charge is 0.135 e. The van der Waals surface area contributed by atoms with Gasteiger partial charge in [-0.25, -0.2) is 0 Å². The molecule has 1 aromatic heterocycles. The van der Waals surface area contributed by atoms with E-state index in [1.807, 2.05) is 12.1 Å². The van der Waals surface area contributed by atoms with Crippen LogP contribution in [-0.4, -0.2) is 0 Å². The molecule has 0 N–H and O–H groups in total. The first-order chi connectivity index (χ1) is 33.2. The van der Waals surface area contributed by atoms with Crippen LogP contribution in [0.3, 0.4) is 0 Å². The quantitative estimate of drug-likeness (QED) is 0.151. The highest BCUT2D eigenvalue weighted by atomic mass is 16.3. The lowest BCUT2D eigenvalue weighted by Gasteiger charge is -2.34. The van der Waals surface area contributed by atoms with Crippen LogP contribution in [0.5, 0.6) is 0 Å². The molecule has 2 nitrogen and oxygen atoms in total. The average molecular weight is 854 g/mol.